The van der Waals surface area contributed by atoms with Crippen molar-refractivity contribution in [2.24, 2.45) is 5.92 Å². The van der Waals surface area contributed by atoms with Crippen molar-refractivity contribution in [2.75, 3.05) is 0 Å². The Labute approximate surface area is 128 Å². The monoisotopic (exact) mass is 308 g/mol. The Balaban J connectivity index is 2.02. The molecule has 0 spiro atoms. The molecule has 120 valence electrons. The number of hydrogen-bond acceptors (Lipinski definition) is 6. The van der Waals surface area contributed by atoms with Crippen molar-refractivity contribution in [3.8, 4) is 0 Å². The molecule has 22 heavy (non-hydrogen) atoms. The van der Waals surface area contributed by atoms with E-state index in [1.165, 1.54) is 12.2 Å². The summed E-state index contributed by atoms with van der Waals surface area (Å²) in [4.78, 5) is 11.6. The summed E-state index contributed by atoms with van der Waals surface area (Å²) in [7, 11) is 0. The highest BCUT2D eigenvalue weighted by Gasteiger charge is 2.62. The van der Waals surface area contributed by atoms with Gasteiger partial charge in [0, 0.05) is 5.92 Å². The third kappa shape index (κ3) is 1.96. The molecule has 1 aliphatic heterocycles. The Morgan fingerprint density at radius 2 is 1.91 bits per heavy atom. The minimum atomic E-state index is -1.52. The van der Waals surface area contributed by atoms with E-state index in [1.54, 1.807) is 26.0 Å². The second-order valence-corrected chi connectivity index (χ2v) is 6.15. The number of carbonyl (C=O) groups is 1. The number of fused-ring (bicyclic) bond motifs is 1. The fourth-order valence-corrected chi connectivity index (χ4v) is 3.82. The third-order valence-corrected chi connectivity index (χ3v) is 4.77. The molecule has 6 nitrogen and oxygen atoms in total. The molecule has 4 N–H and O–H groups in total. The molecule has 0 aromatic heterocycles. The van der Waals surface area contributed by atoms with Gasteiger partial charge >= 0.3 is 0 Å². The number of ketones is 1. The molecule has 0 radical (unpaired) electrons. The number of rotatable bonds is 2. The normalized spacial score (nSPS) is 48.0. The highest BCUT2D eigenvalue weighted by Crippen LogP contribution is 2.50. The maximum absolute atomic E-state index is 11.6. The molecule has 0 aromatic rings. The van der Waals surface area contributed by atoms with Crippen molar-refractivity contribution in [3.63, 3.8) is 0 Å². The molecule has 0 unspecified atom stereocenters. The third-order valence-electron chi connectivity index (χ3n) is 4.77. The zero-order valence-corrected chi connectivity index (χ0v) is 12.4. The molecule has 0 saturated carbocycles. The van der Waals surface area contributed by atoms with Crippen LogP contribution in [0.25, 0.3) is 0 Å². The molecule has 3 rings (SSSR count). The lowest BCUT2D eigenvalue weighted by atomic mass is 9.78. The molecule has 0 bridgehead atoms. The van der Waals surface area contributed by atoms with Crippen molar-refractivity contribution in [3.05, 3.63) is 35.5 Å². The van der Waals surface area contributed by atoms with Crippen molar-refractivity contribution in [2.45, 2.75) is 50.0 Å². The van der Waals surface area contributed by atoms with Crippen molar-refractivity contribution < 1.29 is 30.0 Å². The van der Waals surface area contributed by atoms with E-state index < -0.39 is 47.8 Å². The number of ether oxygens (including phenoxy) is 1. The van der Waals surface area contributed by atoms with Crippen LogP contribution in [-0.2, 0) is 9.53 Å². The number of hydrogen-bond donors (Lipinski definition) is 4. The first kappa shape index (κ1) is 15.6. The van der Waals surface area contributed by atoms with E-state index in [-0.39, 0.29) is 5.57 Å². The fraction of sp³-hybridized carbons (Fsp3) is 0.562. The van der Waals surface area contributed by atoms with Gasteiger partial charge in [0.05, 0.1) is 6.10 Å². The SMILES string of the molecule is C/C=C/C1=C[C@@]2(O)[C@H](O[C@H](C)[C@H]2C2=CC(=O)[C@H](O)[C@H]2O)[C@H]1O. The quantitative estimate of drug-likeness (QED) is 0.534. The summed E-state index contributed by atoms with van der Waals surface area (Å²) in [6.07, 6.45) is 0.922. The number of aliphatic hydroxyl groups is 4. The molecule has 0 aromatic carbocycles. The number of carbonyl (C=O) groups excluding carboxylic acids is 1. The standard InChI is InChI=1S/C16H20O6/c1-3-4-8-6-16(21)11(7(2)22-15(16)12(8)18)9-5-10(17)14(20)13(9)19/h3-7,11-15,18-21H,1-2H3/b4-3+/t7-,11+,12+,13+,14+,15-,16+/m1/s1. The number of allylic oxidation sites excluding steroid dienone is 1. The van der Waals surface area contributed by atoms with E-state index in [1.807, 2.05) is 0 Å². The van der Waals surface area contributed by atoms with E-state index in [0.717, 1.165) is 0 Å². The second kappa shape index (κ2) is 5.11. The Kier molecular flexibility index (Phi) is 3.62. The van der Waals surface area contributed by atoms with Gasteiger partial charge in [-0.15, -0.1) is 0 Å². The predicted molar refractivity (Wildman–Crippen MR) is 76.8 cm³/mol. The highest BCUT2D eigenvalue weighted by atomic mass is 16.5. The largest absolute Gasteiger partial charge is 0.386 e. The van der Waals surface area contributed by atoms with Gasteiger partial charge in [0.2, 0.25) is 0 Å². The molecule has 1 saturated heterocycles. The van der Waals surface area contributed by atoms with Gasteiger partial charge in [-0.05, 0) is 37.1 Å². The minimum Gasteiger partial charge on any atom is -0.386 e. The van der Waals surface area contributed by atoms with Gasteiger partial charge in [0.25, 0.3) is 0 Å². The van der Waals surface area contributed by atoms with E-state index in [0.29, 0.717) is 5.57 Å². The first-order valence-corrected chi connectivity index (χ1v) is 7.34. The van der Waals surface area contributed by atoms with E-state index >= 15 is 0 Å². The number of aliphatic hydroxyl groups excluding tert-OH is 3. The minimum absolute atomic E-state index is 0.250. The van der Waals surface area contributed by atoms with Crippen LogP contribution in [0.15, 0.2) is 35.5 Å². The smallest absolute Gasteiger partial charge is 0.187 e. The molecule has 3 aliphatic rings. The van der Waals surface area contributed by atoms with E-state index in [4.69, 9.17) is 4.74 Å². The van der Waals surface area contributed by atoms with Crippen LogP contribution in [0.2, 0.25) is 0 Å². The molecule has 1 fully saturated rings. The maximum Gasteiger partial charge on any atom is 0.187 e. The summed E-state index contributed by atoms with van der Waals surface area (Å²) in [6.45, 7) is 3.50. The maximum atomic E-state index is 11.6. The molecule has 0 amide bonds. The summed E-state index contributed by atoms with van der Waals surface area (Å²) in [5.41, 5.74) is -0.739. The van der Waals surface area contributed by atoms with Gasteiger partial charge in [-0.3, -0.25) is 4.79 Å². The zero-order valence-electron chi connectivity index (χ0n) is 12.4. The average Bonchev–Trinajstić information content (AvgIpc) is 2.95. The molecular formula is C16H20O6. The average molecular weight is 308 g/mol. The second-order valence-electron chi connectivity index (χ2n) is 6.15. The van der Waals surface area contributed by atoms with Gasteiger partial charge in [-0.1, -0.05) is 12.2 Å². The molecule has 1 heterocycles. The van der Waals surface area contributed by atoms with Crippen LogP contribution in [0.4, 0.5) is 0 Å². The topological polar surface area (TPSA) is 107 Å². The van der Waals surface area contributed by atoms with Gasteiger partial charge in [0.1, 0.15) is 30.0 Å². The summed E-state index contributed by atoms with van der Waals surface area (Å²) in [5.74, 6) is -1.29. The van der Waals surface area contributed by atoms with Crippen molar-refractivity contribution in [1.82, 2.24) is 0 Å². The van der Waals surface area contributed by atoms with Crippen molar-refractivity contribution in [1.29, 1.82) is 0 Å². The summed E-state index contributed by atoms with van der Waals surface area (Å²) in [6, 6.07) is 0. The van der Waals surface area contributed by atoms with Gasteiger partial charge in [0.15, 0.2) is 5.78 Å². The van der Waals surface area contributed by atoms with Crippen molar-refractivity contribution >= 4 is 5.78 Å². The predicted octanol–water partition coefficient (Wildman–Crippen LogP) is -0.771. The van der Waals surface area contributed by atoms with Crippen LogP contribution >= 0.6 is 0 Å². The summed E-state index contributed by atoms with van der Waals surface area (Å²) in [5, 5.41) is 41.1. The Hall–Kier alpha value is -1.31. The van der Waals surface area contributed by atoms with Gasteiger partial charge in [-0.2, -0.15) is 0 Å². The zero-order chi connectivity index (χ0) is 16.2. The molecule has 6 heteroatoms. The Morgan fingerprint density at radius 1 is 1.23 bits per heavy atom. The van der Waals surface area contributed by atoms with Crippen LogP contribution in [0.3, 0.4) is 0 Å². The van der Waals surface area contributed by atoms with E-state index in [2.05, 4.69) is 0 Å². The highest BCUT2D eigenvalue weighted by molar-refractivity contribution is 5.98. The summed E-state index contributed by atoms with van der Waals surface area (Å²) >= 11 is 0. The first-order valence-electron chi connectivity index (χ1n) is 7.34. The first-order chi connectivity index (χ1) is 10.3. The van der Waals surface area contributed by atoms with Crippen LogP contribution in [-0.4, -0.2) is 62.3 Å². The Morgan fingerprint density at radius 3 is 2.45 bits per heavy atom. The van der Waals surface area contributed by atoms with Crippen LogP contribution in [0.1, 0.15) is 13.8 Å². The summed E-state index contributed by atoms with van der Waals surface area (Å²) < 4.78 is 5.69. The molecular weight excluding hydrogens is 288 g/mol. The van der Waals surface area contributed by atoms with Crippen LogP contribution in [0, 0.1) is 5.92 Å². The molecule has 7 atom stereocenters. The van der Waals surface area contributed by atoms with Crippen LogP contribution < -0.4 is 0 Å². The van der Waals surface area contributed by atoms with Gasteiger partial charge in [-0.25, -0.2) is 0 Å². The lowest BCUT2D eigenvalue weighted by molar-refractivity contribution is -0.124. The lowest BCUT2D eigenvalue weighted by Crippen LogP contribution is -2.46. The van der Waals surface area contributed by atoms with Gasteiger partial charge < -0.3 is 25.2 Å². The lowest BCUT2D eigenvalue weighted by Gasteiger charge is -2.30. The van der Waals surface area contributed by atoms with Crippen LogP contribution in [0.5, 0.6) is 0 Å². The molecule has 2 aliphatic carbocycles. The Bertz CT molecular complexity index is 591. The fourth-order valence-electron chi connectivity index (χ4n) is 3.82. The van der Waals surface area contributed by atoms with E-state index in [9.17, 15) is 25.2 Å².